The standard InChI is InChI=1S/C25H44/c1-4-7-10-11-12-13-14-16-19-24-21-17-20-23(18-9-6-3)25(24)22-15-8-5-2/h17,20-21H,4-16,18-19,22H2,1-3H3. The molecule has 0 saturated carbocycles. The molecule has 0 heterocycles. The first kappa shape index (κ1) is 22.3. The molecule has 0 saturated heterocycles. The van der Waals surface area contributed by atoms with Crippen molar-refractivity contribution >= 4 is 0 Å². The van der Waals surface area contributed by atoms with Crippen LogP contribution in [0.3, 0.4) is 0 Å². The molecule has 0 aromatic heterocycles. The van der Waals surface area contributed by atoms with E-state index in [1.165, 1.54) is 103 Å². The van der Waals surface area contributed by atoms with Gasteiger partial charge in [-0.05, 0) is 55.2 Å². The molecule has 0 radical (unpaired) electrons. The van der Waals surface area contributed by atoms with Gasteiger partial charge < -0.3 is 0 Å². The van der Waals surface area contributed by atoms with Crippen molar-refractivity contribution in [3.8, 4) is 0 Å². The minimum Gasteiger partial charge on any atom is -0.0654 e. The Morgan fingerprint density at radius 3 is 1.52 bits per heavy atom. The highest BCUT2D eigenvalue weighted by atomic mass is 14.1. The second kappa shape index (κ2) is 15.5. The molecule has 1 rings (SSSR count). The molecular formula is C25H44. The molecule has 0 N–H and O–H groups in total. The normalized spacial score (nSPS) is 11.2. The van der Waals surface area contributed by atoms with Gasteiger partial charge in [0.1, 0.15) is 0 Å². The molecule has 0 spiro atoms. The van der Waals surface area contributed by atoms with Gasteiger partial charge in [-0.2, -0.15) is 0 Å². The third kappa shape index (κ3) is 10.1. The lowest BCUT2D eigenvalue weighted by atomic mass is 9.90. The van der Waals surface area contributed by atoms with Crippen molar-refractivity contribution in [3.05, 3.63) is 34.9 Å². The van der Waals surface area contributed by atoms with Gasteiger partial charge in [0.2, 0.25) is 0 Å². The van der Waals surface area contributed by atoms with Crippen molar-refractivity contribution in [1.82, 2.24) is 0 Å². The fourth-order valence-corrected chi connectivity index (χ4v) is 3.85. The Labute approximate surface area is 158 Å². The number of benzene rings is 1. The van der Waals surface area contributed by atoms with Crippen LogP contribution in [0, 0.1) is 0 Å². The van der Waals surface area contributed by atoms with E-state index in [4.69, 9.17) is 0 Å². The minimum absolute atomic E-state index is 1.28. The fraction of sp³-hybridized carbons (Fsp3) is 0.760. The van der Waals surface area contributed by atoms with Gasteiger partial charge in [0.15, 0.2) is 0 Å². The van der Waals surface area contributed by atoms with E-state index in [2.05, 4.69) is 39.0 Å². The number of unbranched alkanes of at least 4 members (excludes halogenated alkanes) is 10. The first-order valence-electron chi connectivity index (χ1n) is 11.4. The lowest BCUT2D eigenvalue weighted by Crippen LogP contribution is -2.01. The van der Waals surface area contributed by atoms with Gasteiger partial charge in [0.25, 0.3) is 0 Å². The van der Waals surface area contributed by atoms with E-state index in [1.807, 2.05) is 0 Å². The molecule has 0 amide bonds. The first-order chi connectivity index (χ1) is 12.3. The molecule has 0 unspecified atom stereocenters. The third-order valence-electron chi connectivity index (χ3n) is 5.50. The summed E-state index contributed by atoms with van der Waals surface area (Å²) in [5, 5.41) is 0. The summed E-state index contributed by atoms with van der Waals surface area (Å²) in [6.07, 6.45) is 21.9. The average molecular weight is 345 g/mol. The summed E-state index contributed by atoms with van der Waals surface area (Å²) in [6, 6.07) is 7.13. The highest BCUT2D eigenvalue weighted by Crippen LogP contribution is 2.22. The average Bonchev–Trinajstić information content (AvgIpc) is 2.63. The summed E-state index contributed by atoms with van der Waals surface area (Å²) < 4.78 is 0. The van der Waals surface area contributed by atoms with Gasteiger partial charge in [-0.3, -0.25) is 0 Å². The predicted octanol–water partition coefficient (Wildman–Crippen LogP) is 8.45. The van der Waals surface area contributed by atoms with E-state index in [-0.39, 0.29) is 0 Å². The quantitative estimate of drug-likeness (QED) is 0.264. The smallest absolute Gasteiger partial charge is 0.0273 e. The molecule has 0 aliphatic heterocycles. The summed E-state index contributed by atoms with van der Waals surface area (Å²) in [4.78, 5) is 0. The maximum atomic E-state index is 2.41. The summed E-state index contributed by atoms with van der Waals surface area (Å²) >= 11 is 0. The van der Waals surface area contributed by atoms with Crippen LogP contribution in [-0.4, -0.2) is 0 Å². The molecule has 0 aliphatic carbocycles. The van der Waals surface area contributed by atoms with Crippen molar-refractivity contribution in [2.75, 3.05) is 0 Å². The number of rotatable bonds is 16. The summed E-state index contributed by atoms with van der Waals surface area (Å²) in [7, 11) is 0. The zero-order valence-corrected chi connectivity index (χ0v) is 17.5. The monoisotopic (exact) mass is 344 g/mol. The van der Waals surface area contributed by atoms with Gasteiger partial charge in [0, 0.05) is 0 Å². The Kier molecular flexibility index (Phi) is 13.8. The van der Waals surface area contributed by atoms with Crippen LogP contribution in [0.1, 0.15) is 121 Å². The second-order valence-electron chi connectivity index (χ2n) is 7.84. The van der Waals surface area contributed by atoms with Crippen LogP contribution in [-0.2, 0) is 19.3 Å². The van der Waals surface area contributed by atoms with E-state index < -0.39 is 0 Å². The first-order valence-corrected chi connectivity index (χ1v) is 11.4. The minimum atomic E-state index is 1.28. The second-order valence-corrected chi connectivity index (χ2v) is 7.84. The van der Waals surface area contributed by atoms with E-state index in [0.29, 0.717) is 0 Å². The van der Waals surface area contributed by atoms with Crippen LogP contribution in [0.25, 0.3) is 0 Å². The zero-order valence-electron chi connectivity index (χ0n) is 17.5. The maximum absolute atomic E-state index is 2.41. The molecule has 1 aromatic carbocycles. The molecule has 0 aliphatic rings. The molecule has 0 atom stereocenters. The largest absolute Gasteiger partial charge is 0.0654 e. The van der Waals surface area contributed by atoms with Crippen LogP contribution in [0.5, 0.6) is 0 Å². The van der Waals surface area contributed by atoms with Gasteiger partial charge in [-0.1, -0.05) is 103 Å². The zero-order chi connectivity index (χ0) is 18.2. The number of hydrogen-bond donors (Lipinski definition) is 0. The lowest BCUT2D eigenvalue weighted by Gasteiger charge is -2.15. The van der Waals surface area contributed by atoms with Gasteiger partial charge >= 0.3 is 0 Å². The third-order valence-corrected chi connectivity index (χ3v) is 5.50. The van der Waals surface area contributed by atoms with E-state index in [0.717, 1.165) is 0 Å². The van der Waals surface area contributed by atoms with Crippen LogP contribution < -0.4 is 0 Å². The summed E-state index contributed by atoms with van der Waals surface area (Å²) in [6.45, 7) is 6.91. The highest BCUT2D eigenvalue weighted by molar-refractivity contribution is 5.36. The van der Waals surface area contributed by atoms with Gasteiger partial charge in [-0.15, -0.1) is 0 Å². The van der Waals surface area contributed by atoms with Crippen molar-refractivity contribution in [2.24, 2.45) is 0 Å². The van der Waals surface area contributed by atoms with Crippen LogP contribution in [0.4, 0.5) is 0 Å². The van der Waals surface area contributed by atoms with Gasteiger partial charge in [0.05, 0.1) is 0 Å². The van der Waals surface area contributed by atoms with Crippen molar-refractivity contribution in [1.29, 1.82) is 0 Å². The Morgan fingerprint density at radius 2 is 0.920 bits per heavy atom. The van der Waals surface area contributed by atoms with E-state index in [9.17, 15) is 0 Å². The van der Waals surface area contributed by atoms with Crippen LogP contribution in [0.2, 0.25) is 0 Å². The van der Waals surface area contributed by atoms with Crippen molar-refractivity contribution in [3.63, 3.8) is 0 Å². The van der Waals surface area contributed by atoms with Gasteiger partial charge in [-0.25, -0.2) is 0 Å². The van der Waals surface area contributed by atoms with Crippen LogP contribution in [0.15, 0.2) is 18.2 Å². The molecule has 144 valence electrons. The lowest BCUT2D eigenvalue weighted by molar-refractivity contribution is 0.574. The molecule has 1 aromatic rings. The topological polar surface area (TPSA) is 0 Å². The summed E-state index contributed by atoms with van der Waals surface area (Å²) in [5.41, 5.74) is 5.03. The maximum Gasteiger partial charge on any atom is -0.0273 e. The number of hydrogen-bond acceptors (Lipinski definition) is 0. The Bertz CT molecular complexity index is 418. The van der Waals surface area contributed by atoms with Crippen molar-refractivity contribution < 1.29 is 0 Å². The van der Waals surface area contributed by atoms with E-state index in [1.54, 1.807) is 16.7 Å². The Balaban J connectivity index is 2.46. The molecule has 0 heteroatoms. The van der Waals surface area contributed by atoms with E-state index >= 15 is 0 Å². The summed E-state index contributed by atoms with van der Waals surface area (Å²) in [5.74, 6) is 0. The predicted molar refractivity (Wildman–Crippen MR) is 115 cm³/mol. The highest BCUT2D eigenvalue weighted by Gasteiger charge is 2.08. The SMILES string of the molecule is CCCCCCCCCCc1cccc(CCCC)c1CCCCC. The Morgan fingerprint density at radius 1 is 0.480 bits per heavy atom. The number of aryl methyl sites for hydroxylation is 2. The Hall–Kier alpha value is -0.780. The fourth-order valence-electron chi connectivity index (χ4n) is 3.85. The molecular weight excluding hydrogens is 300 g/mol. The molecule has 0 nitrogen and oxygen atoms in total. The van der Waals surface area contributed by atoms with Crippen molar-refractivity contribution in [2.45, 2.75) is 124 Å². The molecule has 25 heavy (non-hydrogen) atoms. The van der Waals surface area contributed by atoms with Crippen LogP contribution >= 0.6 is 0 Å². The molecule has 0 fully saturated rings. The molecule has 0 bridgehead atoms.